The molecule has 2 heterocycles. The fourth-order valence-electron chi connectivity index (χ4n) is 1.78. The minimum atomic E-state index is -1.03. The van der Waals surface area contributed by atoms with Gasteiger partial charge in [-0.15, -0.1) is 11.3 Å². The monoisotopic (exact) mass is 340 g/mol. The second kappa shape index (κ2) is 7.29. The molecule has 2 aromatic rings. The van der Waals surface area contributed by atoms with Crippen LogP contribution in [0.3, 0.4) is 0 Å². The van der Waals surface area contributed by atoms with Gasteiger partial charge >= 0.3 is 5.97 Å². The van der Waals surface area contributed by atoms with Crippen molar-refractivity contribution in [3.63, 3.8) is 0 Å². The molecule has 0 aromatic carbocycles. The molecular weight excluding hydrogens is 324 g/mol. The van der Waals surface area contributed by atoms with Crippen molar-refractivity contribution < 1.29 is 24.0 Å². The number of aryl methyl sites for hydroxylation is 2. The first kappa shape index (κ1) is 17.0. The van der Waals surface area contributed by atoms with Crippen molar-refractivity contribution in [1.82, 2.24) is 20.4 Å². The number of rotatable bonds is 7. The Kier molecular flexibility index (Phi) is 5.40. The molecule has 0 saturated heterocycles. The van der Waals surface area contributed by atoms with E-state index in [1.54, 1.807) is 20.8 Å². The molecule has 0 spiro atoms. The summed E-state index contributed by atoms with van der Waals surface area (Å²) in [5, 5.41) is 15.8. The largest absolute Gasteiger partial charge is 0.477 e. The van der Waals surface area contributed by atoms with E-state index in [0.29, 0.717) is 22.4 Å². The molecule has 1 amide bonds. The van der Waals surface area contributed by atoms with Gasteiger partial charge in [-0.2, -0.15) is 4.98 Å². The van der Waals surface area contributed by atoms with Crippen LogP contribution in [0.5, 0.6) is 0 Å². The van der Waals surface area contributed by atoms with Crippen molar-refractivity contribution >= 4 is 23.2 Å². The third-order valence-electron chi connectivity index (χ3n) is 2.78. The molecule has 2 aromatic heterocycles. The smallest absolute Gasteiger partial charge is 0.347 e. The van der Waals surface area contributed by atoms with Gasteiger partial charge in [0.1, 0.15) is 23.1 Å². The van der Waals surface area contributed by atoms with Crippen molar-refractivity contribution in [3.05, 3.63) is 27.3 Å². The number of thiazole rings is 1. The lowest BCUT2D eigenvalue weighted by molar-refractivity contribution is -0.127. The van der Waals surface area contributed by atoms with Crippen LogP contribution < -0.4 is 5.32 Å². The fraction of sp³-hybridized carbons (Fsp3) is 0.462. The third-order valence-corrected chi connectivity index (χ3v) is 4.11. The number of carboxylic acids is 1. The third kappa shape index (κ3) is 4.57. The molecule has 0 bridgehead atoms. The van der Waals surface area contributed by atoms with E-state index in [1.165, 1.54) is 0 Å². The molecule has 2 rings (SSSR count). The molecular formula is C13H16N4O5S. The Hall–Kier alpha value is -2.33. The van der Waals surface area contributed by atoms with Gasteiger partial charge in [-0.3, -0.25) is 4.79 Å². The van der Waals surface area contributed by atoms with Crippen LogP contribution in [0.4, 0.5) is 0 Å². The summed E-state index contributed by atoms with van der Waals surface area (Å²) in [6.45, 7) is 4.89. The summed E-state index contributed by atoms with van der Waals surface area (Å²) < 4.78 is 10.0. The first-order valence-electron chi connectivity index (χ1n) is 6.73. The van der Waals surface area contributed by atoms with Gasteiger partial charge < -0.3 is 19.7 Å². The summed E-state index contributed by atoms with van der Waals surface area (Å²) in [7, 11) is 0. The molecule has 10 heteroatoms. The SMILES string of the molecule is Cc1noc(COCC(=O)NC(C)c2nc(C)c(C(=O)O)s2)n1. The number of hydrogen-bond donors (Lipinski definition) is 2. The normalized spacial score (nSPS) is 12.1. The number of hydrogen-bond acceptors (Lipinski definition) is 8. The second-order valence-electron chi connectivity index (χ2n) is 4.79. The highest BCUT2D eigenvalue weighted by Gasteiger charge is 2.19. The lowest BCUT2D eigenvalue weighted by atomic mass is 10.3. The van der Waals surface area contributed by atoms with Crippen LogP contribution >= 0.6 is 11.3 Å². The molecule has 0 radical (unpaired) electrons. The van der Waals surface area contributed by atoms with Crippen LogP contribution in [0, 0.1) is 13.8 Å². The highest BCUT2D eigenvalue weighted by molar-refractivity contribution is 7.13. The van der Waals surface area contributed by atoms with Crippen LogP contribution in [0.25, 0.3) is 0 Å². The van der Waals surface area contributed by atoms with E-state index in [9.17, 15) is 9.59 Å². The molecule has 9 nitrogen and oxygen atoms in total. The van der Waals surface area contributed by atoms with Gasteiger partial charge in [-0.05, 0) is 20.8 Å². The van der Waals surface area contributed by atoms with E-state index in [-0.39, 0.29) is 24.0 Å². The van der Waals surface area contributed by atoms with Crippen LogP contribution in [0.15, 0.2) is 4.52 Å². The zero-order valence-corrected chi connectivity index (χ0v) is 13.6. The van der Waals surface area contributed by atoms with Gasteiger partial charge in [0.05, 0.1) is 11.7 Å². The molecule has 124 valence electrons. The highest BCUT2D eigenvalue weighted by atomic mass is 32.1. The van der Waals surface area contributed by atoms with Crippen LogP contribution in [0.2, 0.25) is 0 Å². The number of carboxylic acid groups (broad SMARTS) is 1. The zero-order chi connectivity index (χ0) is 17.0. The predicted molar refractivity (Wildman–Crippen MR) is 79.1 cm³/mol. The Morgan fingerprint density at radius 1 is 1.39 bits per heavy atom. The van der Waals surface area contributed by atoms with E-state index in [4.69, 9.17) is 14.4 Å². The van der Waals surface area contributed by atoms with Gasteiger partial charge in [0.25, 0.3) is 5.89 Å². The number of amides is 1. The molecule has 0 aliphatic heterocycles. The van der Waals surface area contributed by atoms with Crippen LogP contribution in [-0.2, 0) is 16.1 Å². The van der Waals surface area contributed by atoms with E-state index < -0.39 is 12.0 Å². The van der Waals surface area contributed by atoms with Crippen molar-refractivity contribution in [3.8, 4) is 0 Å². The standard InChI is InChI=1S/C13H16N4O5S/c1-6-11(13(19)20)23-12(15-6)7(2)14-9(18)4-21-5-10-16-8(3)17-22-10/h7H,4-5H2,1-3H3,(H,14,18)(H,19,20). The average Bonchev–Trinajstić information content (AvgIpc) is 3.05. The Morgan fingerprint density at radius 3 is 2.70 bits per heavy atom. The maximum atomic E-state index is 11.8. The summed E-state index contributed by atoms with van der Waals surface area (Å²) in [6.07, 6.45) is 0. The number of nitrogens with zero attached hydrogens (tertiary/aromatic N) is 3. The summed E-state index contributed by atoms with van der Waals surface area (Å²) in [5.41, 5.74) is 0.432. The Bertz CT molecular complexity index is 711. The Morgan fingerprint density at radius 2 is 2.13 bits per heavy atom. The molecule has 0 aliphatic rings. The zero-order valence-electron chi connectivity index (χ0n) is 12.8. The number of carbonyl (C=O) groups excluding carboxylic acids is 1. The van der Waals surface area contributed by atoms with E-state index in [0.717, 1.165) is 11.3 Å². The molecule has 1 atom stereocenters. The summed E-state index contributed by atoms with van der Waals surface area (Å²) in [4.78, 5) is 31.1. The first-order valence-corrected chi connectivity index (χ1v) is 7.55. The molecule has 23 heavy (non-hydrogen) atoms. The lowest BCUT2D eigenvalue weighted by Gasteiger charge is -2.10. The predicted octanol–water partition coefficient (Wildman–Crippen LogP) is 1.24. The van der Waals surface area contributed by atoms with Gasteiger partial charge in [-0.25, -0.2) is 9.78 Å². The van der Waals surface area contributed by atoms with Crippen molar-refractivity contribution in [2.24, 2.45) is 0 Å². The van der Waals surface area contributed by atoms with Gasteiger partial charge in [-0.1, -0.05) is 5.16 Å². The summed E-state index contributed by atoms with van der Waals surface area (Å²) in [5.74, 6) is -0.582. The number of ether oxygens (including phenoxy) is 1. The number of carbonyl (C=O) groups is 2. The topological polar surface area (TPSA) is 127 Å². The summed E-state index contributed by atoms with van der Waals surface area (Å²) in [6, 6.07) is -0.409. The van der Waals surface area contributed by atoms with E-state index in [2.05, 4.69) is 20.4 Å². The summed E-state index contributed by atoms with van der Waals surface area (Å²) >= 11 is 1.04. The van der Waals surface area contributed by atoms with Gasteiger partial charge in [0.2, 0.25) is 5.91 Å². The van der Waals surface area contributed by atoms with Gasteiger partial charge in [0.15, 0.2) is 5.82 Å². The fourth-order valence-corrected chi connectivity index (χ4v) is 2.68. The molecule has 0 saturated carbocycles. The minimum absolute atomic E-state index is 0.0438. The van der Waals surface area contributed by atoms with Crippen LogP contribution in [0.1, 0.15) is 45.1 Å². The second-order valence-corrected chi connectivity index (χ2v) is 5.82. The molecule has 0 aliphatic carbocycles. The number of aromatic nitrogens is 3. The van der Waals surface area contributed by atoms with E-state index >= 15 is 0 Å². The Balaban J connectivity index is 1.82. The number of aromatic carboxylic acids is 1. The molecule has 0 fully saturated rings. The first-order chi connectivity index (χ1) is 10.9. The molecule has 1 unspecified atom stereocenters. The number of nitrogens with one attached hydrogen (secondary N) is 1. The van der Waals surface area contributed by atoms with E-state index in [1.807, 2.05) is 0 Å². The Labute approximate surface area is 135 Å². The van der Waals surface area contributed by atoms with Crippen molar-refractivity contribution in [2.45, 2.75) is 33.4 Å². The minimum Gasteiger partial charge on any atom is -0.477 e. The maximum Gasteiger partial charge on any atom is 0.347 e. The van der Waals surface area contributed by atoms with Crippen molar-refractivity contribution in [1.29, 1.82) is 0 Å². The van der Waals surface area contributed by atoms with Crippen molar-refractivity contribution in [2.75, 3.05) is 6.61 Å². The maximum absolute atomic E-state index is 11.8. The highest BCUT2D eigenvalue weighted by Crippen LogP contribution is 2.23. The lowest BCUT2D eigenvalue weighted by Crippen LogP contribution is -2.30. The van der Waals surface area contributed by atoms with Gasteiger partial charge in [0, 0.05) is 0 Å². The average molecular weight is 340 g/mol. The molecule has 2 N–H and O–H groups in total. The van der Waals surface area contributed by atoms with Crippen LogP contribution in [-0.4, -0.2) is 38.7 Å². The quantitative estimate of drug-likeness (QED) is 0.770.